The average molecular weight is 553 g/mol. The quantitative estimate of drug-likeness (QED) is 0.146. The third-order valence-corrected chi connectivity index (χ3v) is 7.25. The van der Waals surface area contributed by atoms with E-state index < -0.39 is 60.2 Å². The van der Waals surface area contributed by atoms with Gasteiger partial charge in [0.2, 0.25) is 5.60 Å². The Hall–Kier alpha value is -3.98. The zero-order valence-corrected chi connectivity index (χ0v) is 20.2. The van der Waals surface area contributed by atoms with Crippen molar-refractivity contribution in [3.05, 3.63) is 52.9 Å². The predicted molar refractivity (Wildman–Crippen MR) is 130 cm³/mol. The number of carbonyl (C=O) groups is 4. The average Bonchev–Trinajstić information content (AvgIpc) is 3.33. The van der Waals surface area contributed by atoms with Gasteiger partial charge in [0, 0.05) is 37.1 Å². The molecular weight excluding hydrogens is 524 g/mol. The lowest BCUT2D eigenvalue weighted by Gasteiger charge is -2.50. The van der Waals surface area contributed by atoms with E-state index in [9.17, 15) is 29.4 Å². The number of nitrogens with one attached hydrogen (secondary N) is 1. The number of aromatic nitrogens is 2. The SMILES string of the molecule is [2H]C([2H])([2H])C(O/N=C(/C(=O)N[C@@H]1C(=O)N2C(C(=O)[O-])=C(C[n+]3ccccc3)CS[C@H]12)c1csc(N)n1)(C(=O)O)C([2H])([2H])[2H]. The van der Waals surface area contributed by atoms with Gasteiger partial charge in [-0.3, -0.25) is 14.5 Å². The number of thiazole rings is 1. The summed E-state index contributed by atoms with van der Waals surface area (Å²) in [5, 5.41) is 27.5. The lowest BCUT2D eigenvalue weighted by Crippen LogP contribution is -2.71. The van der Waals surface area contributed by atoms with E-state index in [1.165, 1.54) is 5.38 Å². The zero-order valence-electron chi connectivity index (χ0n) is 24.6. The molecule has 2 aliphatic rings. The summed E-state index contributed by atoms with van der Waals surface area (Å²) in [7, 11) is 0. The highest BCUT2D eigenvalue weighted by Gasteiger charge is 2.53. The maximum Gasteiger partial charge on any atom is 0.350 e. The molecule has 0 unspecified atom stereocenters. The van der Waals surface area contributed by atoms with Crippen molar-refractivity contribution < 1.29 is 47.0 Å². The van der Waals surface area contributed by atoms with Crippen LogP contribution in [0.3, 0.4) is 0 Å². The Bertz CT molecular complexity index is 1510. The molecule has 0 aromatic carbocycles. The number of nitrogens with two attached hydrogens (primary N) is 1. The van der Waals surface area contributed by atoms with Crippen molar-refractivity contribution in [3.8, 4) is 0 Å². The fourth-order valence-corrected chi connectivity index (χ4v) is 5.40. The molecular formula is C22H22N6O7S2. The number of β-lactam (4-membered cyclic amide) rings is 1. The second-order valence-corrected chi connectivity index (χ2v) is 9.73. The van der Waals surface area contributed by atoms with E-state index in [4.69, 9.17) is 14.0 Å². The minimum absolute atomic E-state index is 0.0899. The number of pyridine rings is 1. The number of thioether (sulfide) groups is 1. The van der Waals surface area contributed by atoms with Crippen LogP contribution in [0.2, 0.25) is 0 Å². The monoisotopic (exact) mass is 552 g/mol. The second-order valence-electron chi connectivity index (χ2n) is 7.74. The number of nitrogens with zero attached hydrogens (tertiary/aromatic N) is 4. The van der Waals surface area contributed by atoms with Crippen LogP contribution in [0, 0.1) is 0 Å². The summed E-state index contributed by atoms with van der Waals surface area (Å²) in [5.41, 5.74) is 0.568. The molecule has 15 heteroatoms. The molecule has 0 spiro atoms. The molecule has 2 aliphatic heterocycles. The number of amides is 2. The molecule has 4 heterocycles. The third kappa shape index (κ3) is 5.27. The molecule has 0 radical (unpaired) electrons. The van der Waals surface area contributed by atoms with Crippen LogP contribution < -0.4 is 20.7 Å². The van der Waals surface area contributed by atoms with Gasteiger partial charge in [0.15, 0.2) is 29.8 Å². The molecule has 0 saturated carbocycles. The van der Waals surface area contributed by atoms with E-state index in [0.29, 0.717) is 5.57 Å². The molecule has 37 heavy (non-hydrogen) atoms. The number of carboxylic acids is 2. The van der Waals surface area contributed by atoms with Crippen LogP contribution >= 0.6 is 23.1 Å². The largest absolute Gasteiger partial charge is 0.543 e. The van der Waals surface area contributed by atoms with Gasteiger partial charge in [-0.25, -0.2) is 14.3 Å². The molecule has 13 nitrogen and oxygen atoms in total. The first kappa shape index (κ1) is 19.2. The number of nitrogen functional groups attached to an aromatic ring is 1. The Morgan fingerprint density at radius 3 is 2.73 bits per heavy atom. The fraction of sp³-hybridized carbons (Fsp3) is 0.318. The topological polar surface area (TPSA) is 191 Å². The number of oxime groups is 1. The lowest BCUT2D eigenvalue weighted by molar-refractivity contribution is -0.689. The minimum Gasteiger partial charge on any atom is -0.543 e. The van der Waals surface area contributed by atoms with Gasteiger partial charge in [0.1, 0.15) is 17.1 Å². The van der Waals surface area contributed by atoms with Gasteiger partial charge in [-0.05, 0) is 13.7 Å². The van der Waals surface area contributed by atoms with E-state index in [0.717, 1.165) is 28.0 Å². The number of anilines is 1. The lowest BCUT2D eigenvalue weighted by atomic mass is 10.0. The fourth-order valence-electron chi connectivity index (χ4n) is 3.52. The maximum atomic E-state index is 13.3. The molecule has 0 bridgehead atoms. The van der Waals surface area contributed by atoms with Crippen molar-refractivity contribution in [1.29, 1.82) is 0 Å². The highest BCUT2D eigenvalue weighted by Crippen LogP contribution is 2.40. The van der Waals surface area contributed by atoms with E-state index in [1.807, 2.05) is 0 Å². The molecule has 194 valence electrons. The van der Waals surface area contributed by atoms with Crippen LogP contribution in [0.4, 0.5) is 5.13 Å². The molecule has 1 fully saturated rings. The zero-order chi connectivity index (χ0) is 31.9. The van der Waals surface area contributed by atoms with Gasteiger partial charge >= 0.3 is 5.97 Å². The van der Waals surface area contributed by atoms with Crippen molar-refractivity contribution in [2.45, 2.75) is 37.3 Å². The van der Waals surface area contributed by atoms with Crippen LogP contribution in [0.15, 0.2) is 52.4 Å². The Labute approximate surface area is 227 Å². The molecule has 4 rings (SSSR count). The van der Waals surface area contributed by atoms with Gasteiger partial charge in [0.05, 0.1) is 11.7 Å². The van der Waals surface area contributed by atoms with Crippen molar-refractivity contribution in [3.63, 3.8) is 0 Å². The highest BCUT2D eigenvalue weighted by molar-refractivity contribution is 8.00. The second kappa shape index (κ2) is 10.2. The first-order valence-corrected chi connectivity index (χ1v) is 12.3. The molecule has 2 aromatic heterocycles. The van der Waals surface area contributed by atoms with Crippen molar-refractivity contribution in [1.82, 2.24) is 15.2 Å². The molecule has 2 atom stereocenters. The van der Waals surface area contributed by atoms with Crippen molar-refractivity contribution in [2.24, 2.45) is 5.16 Å². The van der Waals surface area contributed by atoms with Crippen molar-refractivity contribution in [2.75, 3.05) is 11.5 Å². The van der Waals surface area contributed by atoms with Gasteiger partial charge in [-0.15, -0.1) is 23.1 Å². The summed E-state index contributed by atoms with van der Waals surface area (Å²) in [5.74, 6) is -5.88. The molecule has 0 aliphatic carbocycles. The van der Waals surface area contributed by atoms with Crippen LogP contribution in [0.1, 0.15) is 27.6 Å². The van der Waals surface area contributed by atoms with Crippen molar-refractivity contribution >= 4 is 57.7 Å². The normalized spacial score (nSPS) is 22.8. The predicted octanol–water partition coefficient (Wildman–Crippen LogP) is -1.30. The van der Waals surface area contributed by atoms with E-state index >= 15 is 0 Å². The first-order valence-electron chi connectivity index (χ1n) is 13.3. The van der Waals surface area contributed by atoms with Crippen LogP contribution in [-0.2, 0) is 30.6 Å². The molecule has 4 N–H and O–H groups in total. The summed E-state index contributed by atoms with van der Waals surface area (Å²) in [6.07, 6.45) is 3.42. The number of fused-ring (bicyclic) bond motifs is 1. The third-order valence-electron chi connectivity index (χ3n) is 5.23. The number of hydrogen-bond acceptors (Lipinski definition) is 11. The Morgan fingerprint density at radius 2 is 2.14 bits per heavy atom. The minimum atomic E-state index is -3.88. The number of rotatable bonds is 9. The van der Waals surface area contributed by atoms with Gasteiger partial charge < -0.3 is 30.9 Å². The summed E-state index contributed by atoms with van der Waals surface area (Å²) < 4.78 is 47.0. The Kier molecular flexibility index (Phi) is 5.27. The summed E-state index contributed by atoms with van der Waals surface area (Å²) in [4.78, 5) is 59.9. The Balaban J connectivity index is 1.64. The van der Waals surface area contributed by atoms with Crippen LogP contribution in [0.5, 0.6) is 0 Å². The highest BCUT2D eigenvalue weighted by atomic mass is 32.2. The summed E-state index contributed by atoms with van der Waals surface area (Å²) in [6, 6.07) is 3.95. The van der Waals surface area contributed by atoms with Crippen LogP contribution in [0.25, 0.3) is 0 Å². The van der Waals surface area contributed by atoms with Crippen LogP contribution in [-0.4, -0.2) is 67.2 Å². The van der Waals surface area contributed by atoms with E-state index in [2.05, 4.69) is 20.3 Å². The van der Waals surface area contributed by atoms with E-state index in [-0.39, 0.29) is 28.8 Å². The number of carboxylic acid groups (broad SMARTS) is 2. The van der Waals surface area contributed by atoms with E-state index in [1.54, 1.807) is 35.2 Å². The standard InChI is InChI=1S/C22H22N6O7S2/c1-22(2,20(33)34)35-26-13(12-10-37-21(23)24-12)16(29)25-14-17(30)28-15(19(31)32)11(9-36-18(14)28)8-27-6-4-3-5-7-27/h3-7,10,14,18H,8-9H2,1-2H3,(H4-,23,24,25,29,31,32,33,34)/b26-13+/t14-,18-/m1/s1/i1D3,2D3. The van der Waals surface area contributed by atoms with Gasteiger partial charge in [-0.1, -0.05) is 11.2 Å². The van der Waals surface area contributed by atoms with Gasteiger partial charge in [-0.2, -0.15) is 0 Å². The Morgan fingerprint density at radius 1 is 1.41 bits per heavy atom. The molecule has 2 aromatic rings. The number of carbonyl (C=O) groups excluding carboxylic acids is 3. The first-order chi connectivity index (χ1) is 20.0. The summed E-state index contributed by atoms with van der Waals surface area (Å²) >= 11 is 1.97. The number of hydrogen-bond donors (Lipinski definition) is 3. The number of aliphatic carboxylic acids is 2. The molecule has 1 saturated heterocycles. The molecule has 2 amide bonds. The maximum absolute atomic E-state index is 13.3. The smallest absolute Gasteiger partial charge is 0.350 e. The summed E-state index contributed by atoms with van der Waals surface area (Å²) in [6.45, 7) is -7.42. The van der Waals surface area contributed by atoms with Gasteiger partial charge in [0.25, 0.3) is 11.8 Å².